The van der Waals surface area contributed by atoms with Gasteiger partial charge in [-0.3, -0.25) is 9.59 Å². The van der Waals surface area contributed by atoms with Crippen molar-refractivity contribution in [3.05, 3.63) is 12.2 Å². The summed E-state index contributed by atoms with van der Waals surface area (Å²) in [5.74, 6) is -0.851. The minimum atomic E-state index is -0.761. The SMILES string of the molecule is CCCCCC(=O)C=CC1C(O)CC(O)C1CCCCCCC(=O)O. The van der Waals surface area contributed by atoms with Gasteiger partial charge in [0.05, 0.1) is 12.2 Å². The Bertz CT molecular complexity index is 432. The fourth-order valence-electron chi connectivity index (χ4n) is 3.64. The van der Waals surface area contributed by atoms with Crippen LogP contribution in [0.5, 0.6) is 0 Å². The van der Waals surface area contributed by atoms with E-state index in [0.717, 1.165) is 44.9 Å². The molecule has 0 aliphatic heterocycles. The highest BCUT2D eigenvalue weighted by atomic mass is 16.4. The van der Waals surface area contributed by atoms with Crippen molar-refractivity contribution < 1.29 is 24.9 Å². The summed E-state index contributed by atoms with van der Waals surface area (Å²) in [6, 6.07) is 0. The second-order valence-corrected chi connectivity index (χ2v) is 7.24. The van der Waals surface area contributed by atoms with E-state index in [0.29, 0.717) is 19.3 Å². The van der Waals surface area contributed by atoms with Crippen LogP contribution in [-0.2, 0) is 9.59 Å². The number of hydrogen-bond donors (Lipinski definition) is 3. The molecule has 0 radical (unpaired) electrons. The fraction of sp³-hybridized carbons (Fsp3) is 0.800. The molecule has 0 aromatic rings. The predicted molar refractivity (Wildman–Crippen MR) is 97.2 cm³/mol. The predicted octanol–water partition coefficient (Wildman–Crippen LogP) is 3.48. The third-order valence-corrected chi connectivity index (χ3v) is 5.13. The summed E-state index contributed by atoms with van der Waals surface area (Å²) < 4.78 is 0. The largest absolute Gasteiger partial charge is 0.481 e. The Morgan fingerprint density at radius 2 is 1.64 bits per heavy atom. The summed E-state index contributed by atoms with van der Waals surface area (Å²) in [5.41, 5.74) is 0. The normalized spacial score (nSPS) is 26.4. The molecule has 0 saturated heterocycles. The first-order chi connectivity index (χ1) is 12.0. The van der Waals surface area contributed by atoms with Crippen molar-refractivity contribution >= 4 is 11.8 Å². The van der Waals surface area contributed by atoms with Crippen molar-refractivity contribution in [2.24, 2.45) is 11.8 Å². The first-order valence-corrected chi connectivity index (χ1v) is 9.74. The molecule has 0 amide bonds. The van der Waals surface area contributed by atoms with Gasteiger partial charge in [0.15, 0.2) is 5.78 Å². The van der Waals surface area contributed by atoms with Crippen LogP contribution in [0, 0.1) is 11.8 Å². The van der Waals surface area contributed by atoms with Gasteiger partial charge in [0, 0.05) is 25.2 Å². The number of aliphatic hydroxyl groups excluding tert-OH is 2. The van der Waals surface area contributed by atoms with Gasteiger partial charge in [-0.25, -0.2) is 0 Å². The molecule has 1 rings (SSSR count). The van der Waals surface area contributed by atoms with Gasteiger partial charge in [0.2, 0.25) is 0 Å². The average molecular weight is 354 g/mol. The summed E-state index contributed by atoms with van der Waals surface area (Å²) in [4.78, 5) is 22.4. The summed E-state index contributed by atoms with van der Waals surface area (Å²) in [6.45, 7) is 2.10. The second-order valence-electron chi connectivity index (χ2n) is 7.24. The summed E-state index contributed by atoms with van der Waals surface area (Å²) in [5, 5.41) is 29.0. The summed E-state index contributed by atoms with van der Waals surface area (Å²) >= 11 is 0. The van der Waals surface area contributed by atoms with E-state index in [9.17, 15) is 19.8 Å². The van der Waals surface area contributed by atoms with Crippen LogP contribution in [-0.4, -0.2) is 39.3 Å². The highest BCUT2D eigenvalue weighted by Crippen LogP contribution is 2.37. The van der Waals surface area contributed by atoms with Crippen LogP contribution < -0.4 is 0 Å². The zero-order valence-electron chi connectivity index (χ0n) is 15.4. The summed E-state index contributed by atoms with van der Waals surface area (Å²) in [7, 11) is 0. The van der Waals surface area contributed by atoms with Gasteiger partial charge in [-0.2, -0.15) is 0 Å². The highest BCUT2D eigenvalue weighted by Gasteiger charge is 2.39. The molecule has 1 fully saturated rings. The van der Waals surface area contributed by atoms with Crippen LogP contribution in [0.3, 0.4) is 0 Å². The van der Waals surface area contributed by atoms with Crippen molar-refractivity contribution in [3.63, 3.8) is 0 Å². The molecule has 1 aliphatic carbocycles. The molecule has 144 valence electrons. The van der Waals surface area contributed by atoms with Crippen LogP contribution in [0.2, 0.25) is 0 Å². The third-order valence-electron chi connectivity index (χ3n) is 5.13. The van der Waals surface area contributed by atoms with E-state index in [2.05, 4.69) is 6.92 Å². The molecular weight excluding hydrogens is 320 g/mol. The molecule has 3 N–H and O–H groups in total. The zero-order chi connectivity index (χ0) is 18.7. The first-order valence-electron chi connectivity index (χ1n) is 9.74. The maximum Gasteiger partial charge on any atom is 0.303 e. The minimum absolute atomic E-state index is 0.0193. The Kier molecular flexibility index (Phi) is 10.7. The van der Waals surface area contributed by atoms with Crippen molar-refractivity contribution in [3.8, 4) is 0 Å². The second kappa shape index (κ2) is 12.2. The lowest BCUT2D eigenvalue weighted by Gasteiger charge is -2.20. The van der Waals surface area contributed by atoms with E-state index in [-0.39, 0.29) is 24.0 Å². The lowest BCUT2D eigenvalue weighted by Crippen LogP contribution is -2.20. The van der Waals surface area contributed by atoms with E-state index < -0.39 is 18.2 Å². The summed E-state index contributed by atoms with van der Waals surface area (Å²) in [6.07, 6.45) is 10.6. The molecule has 0 bridgehead atoms. The van der Waals surface area contributed by atoms with E-state index in [1.165, 1.54) is 0 Å². The van der Waals surface area contributed by atoms with Crippen molar-refractivity contribution in [2.75, 3.05) is 0 Å². The number of ketones is 1. The Balaban J connectivity index is 2.39. The number of carbonyl (C=O) groups is 2. The van der Waals surface area contributed by atoms with Gasteiger partial charge in [0.1, 0.15) is 0 Å². The van der Waals surface area contributed by atoms with Crippen LogP contribution in [0.15, 0.2) is 12.2 Å². The molecule has 0 spiro atoms. The third kappa shape index (κ3) is 8.63. The average Bonchev–Trinajstić information content (AvgIpc) is 2.82. The van der Waals surface area contributed by atoms with Crippen molar-refractivity contribution in [1.82, 2.24) is 0 Å². The van der Waals surface area contributed by atoms with Crippen LogP contribution >= 0.6 is 0 Å². The molecule has 25 heavy (non-hydrogen) atoms. The monoisotopic (exact) mass is 354 g/mol. The number of carboxylic acid groups (broad SMARTS) is 1. The van der Waals surface area contributed by atoms with Gasteiger partial charge in [-0.1, -0.05) is 45.1 Å². The Morgan fingerprint density at radius 3 is 2.32 bits per heavy atom. The Morgan fingerprint density at radius 1 is 0.960 bits per heavy atom. The molecule has 5 heteroatoms. The quantitative estimate of drug-likeness (QED) is 0.348. The zero-order valence-corrected chi connectivity index (χ0v) is 15.4. The van der Waals surface area contributed by atoms with E-state index in [1.807, 2.05) is 0 Å². The number of aliphatic carboxylic acids is 1. The number of allylic oxidation sites excluding steroid dienone is 1. The number of carboxylic acids is 1. The Hall–Kier alpha value is -1.20. The van der Waals surface area contributed by atoms with Crippen LogP contribution in [0.4, 0.5) is 0 Å². The number of carbonyl (C=O) groups excluding carboxylic acids is 1. The molecule has 4 atom stereocenters. The smallest absolute Gasteiger partial charge is 0.303 e. The number of unbranched alkanes of at least 4 members (excludes halogenated alkanes) is 5. The first kappa shape index (κ1) is 21.8. The number of rotatable bonds is 13. The van der Waals surface area contributed by atoms with Crippen LogP contribution in [0.25, 0.3) is 0 Å². The Labute approximate surface area is 151 Å². The molecule has 0 aromatic heterocycles. The van der Waals surface area contributed by atoms with Gasteiger partial charge < -0.3 is 15.3 Å². The van der Waals surface area contributed by atoms with Gasteiger partial charge in [-0.05, 0) is 31.3 Å². The lowest BCUT2D eigenvalue weighted by atomic mass is 9.88. The number of aliphatic hydroxyl groups is 2. The molecule has 1 aliphatic rings. The lowest BCUT2D eigenvalue weighted by molar-refractivity contribution is -0.137. The van der Waals surface area contributed by atoms with Gasteiger partial charge in [0.25, 0.3) is 0 Å². The molecule has 1 saturated carbocycles. The van der Waals surface area contributed by atoms with E-state index >= 15 is 0 Å². The molecule has 4 unspecified atom stereocenters. The van der Waals surface area contributed by atoms with Gasteiger partial charge in [-0.15, -0.1) is 0 Å². The fourth-order valence-corrected chi connectivity index (χ4v) is 3.64. The molecule has 5 nitrogen and oxygen atoms in total. The van der Waals surface area contributed by atoms with E-state index in [4.69, 9.17) is 5.11 Å². The van der Waals surface area contributed by atoms with Crippen molar-refractivity contribution in [1.29, 1.82) is 0 Å². The molecular formula is C20H34O5. The molecule has 0 aromatic carbocycles. The van der Waals surface area contributed by atoms with Crippen LogP contribution in [0.1, 0.15) is 77.6 Å². The van der Waals surface area contributed by atoms with E-state index in [1.54, 1.807) is 12.2 Å². The highest BCUT2D eigenvalue weighted by molar-refractivity contribution is 5.89. The maximum absolute atomic E-state index is 11.9. The van der Waals surface area contributed by atoms with Gasteiger partial charge >= 0.3 is 5.97 Å². The minimum Gasteiger partial charge on any atom is -0.481 e. The standard InChI is InChI=1S/C20H34O5/c1-2-3-6-9-15(21)12-13-17-16(18(22)14-19(17)23)10-7-4-5-8-11-20(24)25/h12-13,16-19,22-23H,2-11,14H2,1H3,(H,24,25). The molecule has 0 heterocycles. The topological polar surface area (TPSA) is 94.8 Å². The number of hydrogen-bond acceptors (Lipinski definition) is 4. The maximum atomic E-state index is 11.9. The van der Waals surface area contributed by atoms with Crippen molar-refractivity contribution in [2.45, 2.75) is 89.8 Å².